The van der Waals surface area contributed by atoms with Gasteiger partial charge in [-0.15, -0.1) is 0 Å². The molecule has 0 aliphatic rings. The number of nitro groups is 1. The summed E-state index contributed by atoms with van der Waals surface area (Å²) in [5.74, 6) is -0.627. The van der Waals surface area contributed by atoms with E-state index in [1.165, 1.54) is 6.07 Å². The van der Waals surface area contributed by atoms with Gasteiger partial charge < -0.3 is 5.32 Å². The Morgan fingerprint density at radius 2 is 2.19 bits per heavy atom. The van der Waals surface area contributed by atoms with E-state index in [2.05, 4.69) is 26.2 Å². The lowest BCUT2D eigenvalue weighted by Crippen LogP contribution is -2.14. The molecule has 2 aromatic rings. The molecular weight excluding hydrogens is 362 g/mol. The van der Waals surface area contributed by atoms with Crippen LogP contribution in [0.1, 0.15) is 15.9 Å². The van der Waals surface area contributed by atoms with Gasteiger partial charge in [0.15, 0.2) is 0 Å². The van der Waals surface area contributed by atoms with Gasteiger partial charge in [-0.3, -0.25) is 14.9 Å². The van der Waals surface area contributed by atoms with Crippen molar-refractivity contribution < 1.29 is 9.72 Å². The van der Waals surface area contributed by atoms with Gasteiger partial charge in [-0.2, -0.15) is 0 Å². The first kappa shape index (κ1) is 15.4. The van der Waals surface area contributed by atoms with Gasteiger partial charge in [0.25, 0.3) is 11.6 Å². The number of benzene rings is 1. The molecule has 0 bridgehead atoms. The number of carbonyl (C=O) groups is 1. The second-order valence-corrected chi connectivity index (χ2v) is 5.35. The quantitative estimate of drug-likeness (QED) is 0.503. The van der Waals surface area contributed by atoms with E-state index in [0.717, 1.165) is 11.8 Å². The number of rotatable bonds is 3. The van der Waals surface area contributed by atoms with Crippen LogP contribution in [-0.4, -0.2) is 15.8 Å². The average molecular weight is 371 g/mol. The normalized spacial score (nSPS) is 10.2. The van der Waals surface area contributed by atoms with Crippen molar-refractivity contribution in [2.75, 3.05) is 5.32 Å². The number of halogens is 2. The number of amides is 1. The molecular formula is C13H9BrClN3O3. The molecule has 6 nitrogen and oxygen atoms in total. The third kappa shape index (κ3) is 3.37. The maximum Gasteiger partial charge on any atom is 0.300 e. The molecule has 1 aromatic heterocycles. The van der Waals surface area contributed by atoms with Crippen LogP contribution in [0.15, 0.2) is 34.9 Å². The van der Waals surface area contributed by atoms with Crippen molar-refractivity contribution in [2.24, 2.45) is 0 Å². The number of hydrogen-bond donors (Lipinski definition) is 1. The fraction of sp³-hybridized carbons (Fsp3) is 0.0769. The fourth-order valence-electron chi connectivity index (χ4n) is 1.68. The predicted octanol–water partition coefficient (Wildman–Crippen LogP) is 3.97. The van der Waals surface area contributed by atoms with E-state index in [4.69, 9.17) is 11.6 Å². The zero-order valence-corrected chi connectivity index (χ0v) is 13.1. The number of nitrogens with one attached hydrogen (secondary N) is 1. The van der Waals surface area contributed by atoms with Crippen molar-refractivity contribution in [1.82, 2.24) is 4.98 Å². The van der Waals surface area contributed by atoms with Crippen LogP contribution in [0.3, 0.4) is 0 Å². The van der Waals surface area contributed by atoms with Gasteiger partial charge in [-0.25, -0.2) is 4.98 Å². The topological polar surface area (TPSA) is 85.1 Å². The summed E-state index contributed by atoms with van der Waals surface area (Å²) in [4.78, 5) is 26.1. The standard InChI is InChI=1S/C13H9BrClN3O3/c1-7-3-2-4-9(12(7)14)17-13(19)8-5-11(15)16-6-10(8)18(20)21/h2-6H,1H3,(H,17,19). The van der Waals surface area contributed by atoms with Crippen molar-refractivity contribution in [3.63, 3.8) is 0 Å². The van der Waals surface area contributed by atoms with Gasteiger partial charge in [0.05, 0.1) is 10.6 Å². The molecule has 21 heavy (non-hydrogen) atoms. The zero-order valence-electron chi connectivity index (χ0n) is 10.8. The van der Waals surface area contributed by atoms with E-state index in [0.29, 0.717) is 10.2 Å². The maximum absolute atomic E-state index is 12.2. The minimum atomic E-state index is -0.677. The van der Waals surface area contributed by atoms with Gasteiger partial charge in [-0.05, 0) is 40.5 Å². The highest BCUT2D eigenvalue weighted by Gasteiger charge is 2.22. The van der Waals surface area contributed by atoms with Crippen molar-refractivity contribution in [3.8, 4) is 0 Å². The first-order chi connectivity index (χ1) is 9.90. The molecule has 0 unspecified atom stereocenters. The van der Waals surface area contributed by atoms with E-state index < -0.39 is 16.5 Å². The lowest BCUT2D eigenvalue weighted by molar-refractivity contribution is -0.385. The Balaban J connectivity index is 2.39. The zero-order chi connectivity index (χ0) is 15.6. The largest absolute Gasteiger partial charge is 0.321 e. The SMILES string of the molecule is Cc1cccc(NC(=O)c2cc(Cl)ncc2[N+](=O)[O-])c1Br. The molecule has 1 N–H and O–H groups in total. The molecule has 0 fully saturated rings. The third-order valence-electron chi connectivity index (χ3n) is 2.73. The Labute approximate surface area is 133 Å². The van der Waals surface area contributed by atoms with E-state index in [1.807, 2.05) is 13.0 Å². The Morgan fingerprint density at radius 1 is 1.48 bits per heavy atom. The molecule has 0 aliphatic carbocycles. The Hall–Kier alpha value is -1.99. The van der Waals surface area contributed by atoms with E-state index >= 15 is 0 Å². The van der Waals surface area contributed by atoms with Crippen molar-refractivity contribution >= 4 is 44.8 Å². The monoisotopic (exact) mass is 369 g/mol. The van der Waals surface area contributed by atoms with Gasteiger partial charge in [0.1, 0.15) is 16.9 Å². The number of pyridine rings is 1. The summed E-state index contributed by atoms with van der Waals surface area (Å²) in [5, 5.41) is 13.6. The summed E-state index contributed by atoms with van der Waals surface area (Å²) in [6, 6.07) is 6.48. The smallest absolute Gasteiger partial charge is 0.300 e. The lowest BCUT2D eigenvalue weighted by atomic mass is 10.2. The predicted molar refractivity (Wildman–Crippen MR) is 82.7 cm³/mol. The summed E-state index contributed by atoms with van der Waals surface area (Å²) in [6.07, 6.45) is 0.961. The van der Waals surface area contributed by atoms with Crippen LogP contribution in [0.25, 0.3) is 0 Å². The third-order valence-corrected chi connectivity index (χ3v) is 3.99. The molecule has 1 amide bonds. The second kappa shape index (κ2) is 6.19. The first-order valence-electron chi connectivity index (χ1n) is 5.76. The molecule has 2 rings (SSSR count). The summed E-state index contributed by atoms with van der Waals surface area (Å²) in [7, 11) is 0. The van der Waals surface area contributed by atoms with Crippen LogP contribution in [-0.2, 0) is 0 Å². The minimum Gasteiger partial charge on any atom is -0.321 e. The molecule has 1 heterocycles. The summed E-state index contributed by atoms with van der Waals surface area (Å²) >= 11 is 9.06. The average Bonchev–Trinajstić information content (AvgIpc) is 2.43. The van der Waals surface area contributed by atoms with Crippen LogP contribution in [0.5, 0.6) is 0 Å². The summed E-state index contributed by atoms with van der Waals surface area (Å²) in [6.45, 7) is 1.87. The van der Waals surface area contributed by atoms with E-state index in [-0.39, 0.29) is 10.7 Å². The minimum absolute atomic E-state index is 0.00839. The molecule has 8 heteroatoms. The number of nitrogens with zero attached hydrogens (tertiary/aromatic N) is 2. The van der Waals surface area contributed by atoms with Gasteiger partial charge in [0, 0.05) is 4.47 Å². The Kier molecular flexibility index (Phi) is 4.54. The van der Waals surface area contributed by atoms with E-state index in [1.54, 1.807) is 12.1 Å². The second-order valence-electron chi connectivity index (χ2n) is 4.17. The van der Waals surface area contributed by atoms with Gasteiger partial charge in [0.2, 0.25) is 0 Å². The number of hydrogen-bond acceptors (Lipinski definition) is 4. The van der Waals surface area contributed by atoms with Crippen LogP contribution in [0.4, 0.5) is 11.4 Å². The van der Waals surface area contributed by atoms with Crippen molar-refractivity contribution in [2.45, 2.75) is 6.92 Å². The number of aromatic nitrogens is 1. The molecule has 1 aromatic carbocycles. The Morgan fingerprint density at radius 3 is 2.86 bits per heavy atom. The summed E-state index contributed by atoms with van der Waals surface area (Å²) < 4.78 is 0.709. The number of anilines is 1. The maximum atomic E-state index is 12.2. The molecule has 0 aliphatic heterocycles. The molecule has 0 saturated heterocycles. The van der Waals surface area contributed by atoms with Crippen LogP contribution in [0.2, 0.25) is 5.15 Å². The molecule has 0 atom stereocenters. The molecule has 0 saturated carbocycles. The number of carbonyl (C=O) groups excluding carboxylic acids is 1. The highest BCUT2D eigenvalue weighted by Crippen LogP contribution is 2.27. The van der Waals surface area contributed by atoms with Crippen LogP contribution >= 0.6 is 27.5 Å². The van der Waals surface area contributed by atoms with Crippen LogP contribution < -0.4 is 5.32 Å². The summed E-state index contributed by atoms with van der Waals surface area (Å²) in [5.41, 5.74) is 0.895. The molecule has 0 radical (unpaired) electrons. The first-order valence-corrected chi connectivity index (χ1v) is 6.93. The highest BCUT2D eigenvalue weighted by molar-refractivity contribution is 9.10. The fourth-order valence-corrected chi connectivity index (χ4v) is 2.20. The van der Waals surface area contributed by atoms with Gasteiger partial charge >= 0.3 is 0 Å². The lowest BCUT2D eigenvalue weighted by Gasteiger charge is -2.09. The van der Waals surface area contributed by atoms with E-state index in [9.17, 15) is 14.9 Å². The highest BCUT2D eigenvalue weighted by atomic mass is 79.9. The van der Waals surface area contributed by atoms with Crippen LogP contribution in [0, 0.1) is 17.0 Å². The molecule has 0 spiro atoms. The number of aryl methyl sites for hydroxylation is 1. The van der Waals surface area contributed by atoms with Gasteiger partial charge in [-0.1, -0.05) is 23.7 Å². The van der Waals surface area contributed by atoms with Crippen molar-refractivity contribution in [3.05, 3.63) is 61.3 Å². The Bertz CT molecular complexity index is 737. The van der Waals surface area contributed by atoms with Crippen molar-refractivity contribution in [1.29, 1.82) is 0 Å². The molecule has 108 valence electrons.